The van der Waals surface area contributed by atoms with E-state index in [0.29, 0.717) is 4.83 Å². The monoisotopic (exact) mass is 230 g/mol. The molecule has 0 radical (unpaired) electrons. The fourth-order valence-corrected chi connectivity index (χ4v) is 1.95. The second-order valence-electron chi connectivity index (χ2n) is 3.01. The zero-order valence-corrected chi connectivity index (χ0v) is 8.25. The van der Waals surface area contributed by atoms with E-state index >= 15 is 0 Å². The van der Waals surface area contributed by atoms with Crippen LogP contribution in [0.1, 0.15) is 24.5 Å². The molecule has 1 aliphatic heterocycles. The third-order valence-corrected chi connectivity index (χ3v) is 2.94. The van der Waals surface area contributed by atoms with Crippen molar-refractivity contribution in [2.45, 2.75) is 23.8 Å². The molecule has 66 valence electrons. The summed E-state index contributed by atoms with van der Waals surface area (Å²) < 4.78 is 5.60. The number of hydrogen-bond acceptors (Lipinski definition) is 2. The zero-order valence-electron chi connectivity index (χ0n) is 6.66. The number of rotatable bonds is 1. The summed E-state index contributed by atoms with van der Waals surface area (Å²) in [5, 5.41) is 6.70. The van der Waals surface area contributed by atoms with Crippen LogP contribution in [0.15, 0.2) is 12.4 Å². The third-order valence-electron chi connectivity index (χ3n) is 2.11. The van der Waals surface area contributed by atoms with Gasteiger partial charge in [-0.3, -0.25) is 5.10 Å². The highest BCUT2D eigenvalue weighted by atomic mass is 79.9. The lowest BCUT2D eigenvalue weighted by atomic mass is 10.0. The van der Waals surface area contributed by atoms with E-state index in [2.05, 4.69) is 26.1 Å². The second kappa shape index (κ2) is 3.58. The summed E-state index contributed by atoms with van der Waals surface area (Å²) in [5.74, 6) is 0. The predicted molar refractivity (Wildman–Crippen MR) is 49.2 cm³/mol. The molecule has 2 rings (SSSR count). The first-order valence-electron chi connectivity index (χ1n) is 4.10. The Hall–Kier alpha value is -0.350. The van der Waals surface area contributed by atoms with Crippen molar-refractivity contribution in [3.05, 3.63) is 18.0 Å². The van der Waals surface area contributed by atoms with E-state index in [1.165, 1.54) is 0 Å². The molecule has 0 spiro atoms. The van der Waals surface area contributed by atoms with Gasteiger partial charge in [0, 0.05) is 23.2 Å². The average molecular weight is 231 g/mol. The fraction of sp³-hybridized carbons (Fsp3) is 0.625. The first-order valence-corrected chi connectivity index (χ1v) is 5.02. The van der Waals surface area contributed by atoms with Crippen molar-refractivity contribution < 1.29 is 4.74 Å². The quantitative estimate of drug-likeness (QED) is 0.751. The van der Waals surface area contributed by atoms with Gasteiger partial charge in [0.1, 0.15) is 0 Å². The van der Waals surface area contributed by atoms with Crippen molar-refractivity contribution in [3.8, 4) is 0 Å². The Bertz CT molecular complexity index is 237. The van der Waals surface area contributed by atoms with Crippen LogP contribution in [0, 0.1) is 0 Å². The lowest BCUT2D eigenvalue weighted by Gasteiger charge is -2.25. The van der Waals surface area contributed by atoms with Crippen molar-refractivity contribution in [2.75, 3.05) is 6.61 Å². The Morgan fingerprint density at radius 3 is 3.25 bits per heavy atom. The SMILES string of the molecule is Br[C@H]1CCOC(c2cn[nH]c2)C1. The molecule has 4 heteroatoms. The largest absolute Gasteiger partial charge is 0.373 e. The maximum atomic E-state index is 5.60. The summed E-state index contributed by atoms with van der Waals surface area (Å²) >= 11 is 3.60. The summed E-state index contributed by atoms with van der Waals surface area (Å²) in [6, 6.07) is 0. The lowest BCUT2D eigenvalue weighted by molar-refractivity contribution is 0.0187. The molecule has 1 aromatic rings. The second-order valence-corrected chi connectivity index (χ2v) is 4.31. The Kier molecular flexibility index (Phi) is 2.46. The van der Waals surface area contributed by atoms with Crippen molar-refractivity contribution in [1.82, 2.24) is 10.2 Å². The third kappa shape index (κ3) is 1.69. The Labute approximate surface area is 79.6 Å². The normalized spacial score (nSPS) is 30.4. The van der Waals surface area contributed by atoms with Crippen LogP contribution in [-0.4, -0.2) is 21.6 Å². The summed E-state index contributed by atoms with van der Waals surface area (Å²) in [5.41, 5.74) is 1.15. The van der Waals surface area contributed by atoms with E-state index in [-0.39, 0.29) is 6.10 Å². The smallest absolute Gasteiger partial charge is 0.0865 e. The molecule has 0 saturated carbocycles. The number of nitrogens with one attached hydrogen (secondary N) is 1. The van der Waals surface area contributed by atoms with Gasteiger partial charge >= 0.3 is 0 Å². The lowest BCUT2D eigenvalue weighted by Crippen LogP contribution is -2.19. The fourth-order valence-electron chi connectivity index (χ4n) is 1.43. The first kappa shape index (κ1) is 8.26. The van der Waals surface area contributed by atoms with E-state index in [0.717, 1.165) is 25.0 Å². The van der Waals surface area contributed by atoms with E-state index in [1.54, 1.807) is 0 Å². The Morgan fingerprint density at radius 1 is 1.67 bits per heavy atom. The number of aromatic nitrogens is 2. The van der Waals surface area contributed by atoms with Crippen molar-refractivity contribution in [1.29, 1.82) is 0 Å². The Balaban J connectivity index is 2.04. The van der Waals surface area contributed by atoms with Gasteiger partial charge in [0.2, 0.25) is 0 Å². The summed E-state index contributed by atoms with van der Waals surface area (Å²) in [6.45, 7) is 0.839. The van der Waals surface area contributed by atoms with Gasteiger partial charge in [-0.05, 0) is 12.8 Å². The topological polar surface area (TPSA) is 37.9 Å². The first-order chi connectivity index (χ1) is 5.86. The maximum Gasteiger partial charge on any atom is 0.0865 e. The highest BCUT2D eigenvalue weighted by Crippen LogP contribution is 2.30. The molecule has 1 aromatic heterocycles. The molecular weight excluding hydrogens is 220 g/mol. The standard InChI is InChI=1S/C8H11BrN2O/c9-7-1-2-12-8(3-7)6-4-10-11-5-6/h4-5,7-8H,1-3H2,(H,10,11)/t7-,8?/m0/s1. The molecule has 1 N–H and O–H groups in total. The van der Waals surface area contributed by atoms with Crippen LogP contribution in [0.2, 0.25) is 0 Å². The summed E-state index contributed by atoms with van der Waals surface area (Å²) in [4.78, 5) is 0.589. The van der Waals surface area contributed by atoms with Crippen LogP contribution in [0.3, 0.4) is 0 Å². The molecule has 12 heavy (non-hydrogen) atoms. The van der Waals surface area contributed by atoms with Crippen molar-refractivity contribution in [2.24, 2.45) is 0 Å². The minimum absolute atomic E-state index is 0.224. The zero-order chi connectivity index (χ0) is 8.39. The van der Waals surface area contributed by atoms with Gasteiger partial charge in [-0.1, -0.05) is 15.9 Å². The molecular formula is C8H11BrN2O. The number of alkyl halides is 1. The van der Waals surface area contributed by atoms with Crippen molar-refractivity contribution >= 4 is 15.9 Å². The van der Waals surface area contributed by atoms with Gasteiger partial charge in [-0.25, -0.2) is 0 Å². The number of ether oxygens (including phenoxy) is 1. The van der Waals surface area contributed by atoms with E-state index < -0.39 is 0 Å². The van der Waals surface area contributed by atoms with Crippen LogP contribution >= 0.6 is 15.9 Å². The molecule has 0 aromatic carbocycles. The highest BCUT2D eigenvalue weighted by Gasteiger charge is 2.22. The van der Waals surface area contributed by atoms with E-state index in [4.69, 9.17) is 4.74 Å². The van der Waals surface area contributed by atoms with E-state index in [9.17, 15) is 0 Å². The van der Waals surface area contributed by atoms with Crippen LogP contribution in [-0.2, 0) is 4.74 Å². The maximum absolute atomic E-state index is 5.60. The minimum Gasteiger partial charge on any atom is -0.373 e. The molecule has 1 unspecified atom stereocenters. The van der Waals surface area contributed by atoms with Crippen LogP contribution < -0.4 is 0 Å². The Morgan fingerprint density at radius 2 is 2.58 bits per heavy atom. The minimum atomic E-state index is 0.224. The molecule has 2 heterocycles. The highest BCUT2D eigenvalue weighted by molar-refractivity contribution is 9.09. The molecule has 1 aliphatic rings. The molecule has 1 fully saturated rings. The molecule has 1 saturated heterocycles. The van der Waals surface area contributed by atoms with Crippen molar-refractivity contribution in [3.63, 3.8) is 0 Å². The number of aromatic amines is 1. The van der Waals surface area contributed by atoms with Gasteiger partial charge < -0.3 is 4.74 Å². The molecule has 3 nitrogen and oxygen atoms in total. The van der Waals surface area contributed by atoms with Gasteiger partial charge in [-0.15, -0.1) is 0 Å². The average Bonchev–Trinajstić information content (AvgIpc) is 2.56. The summed E-state index contributed by atoms with van der Waals surface area (Å²) in [7, 11) is 0. The van der Waals surface area contributed by atoms with Gasteiger partial charge in [0.05, 0.1) is 12.3 Å². The van der Waals surface area contributed by atoms with Crippen LogP contribution in [0.5, 0.6) is 0 Å². The summed E-state index contributed by atoms with van der Waals surface area (Å²) in [6.07, 6.45) is 6.10. The van der Waals surface area contributed by atoms with Gasteiger partial charge in [-0.2, -0.15) is 5.10 Å². The van der Waals surface area contributed by atoms with Crippen LogP contribution in [0.25, 0.3) is 0 Å². The van der Waals surface area contributed by atoms with Crippen LogP contribution in [0.4, 0.5) is 0 Å². The van der Waals surface area contributed by atoms with Gasteiger partial charge in [0.15, 0.2) is 0 Å². The van der Waals surface area contributed by atoms with Gasteiger partial charge in [0.25, 0.3) is 0 Å². The number of nitrogens with zero attached hydrogens (tertiary/aromatic N) is 1. The van der Waals surface area contributed by atoms with E-state index in [1.807, 2.05) is 12.4 Å². The molecule has 2 atom stereocenters. The number of hydrogen-bond donors (Lipinski definition) is 1. The number of halogens is 1. The predicted octanol–water partition coefficient (Wildman–Crippen LogP) is 2.02. The molecule has 0 bridgehead atoms. The molecule has 0 aliphatic carbocycles. The number of H-pyrrole nitrogens is 1. The molecule has 0 amide bonds.